The molecule has 130 valence electrons. The lowest BCUT2D eigenvalue weighted by atomic mass is 9.87. The topological polar surface area (TPSA) is 46.3 Å². The van der Waals surface area contributed by atoms with Crippen LogP contribution in [-0.4, -0.2) is 29.9 Å². The molecule has 25 heavy (non-hydrogen) atoms. The molecule has 1 unspecified atom stereocenters. The lowest BCUT2D eigenvalue weighted by molar-refractivity contribution is 0.0827. The second-order valence-corrected chi connectivity index (χ2v) is 8.24. The smallest absolute Gasteiger partial charge is 0.255 e. The number of thiophene rings is 1. The number of fused-ring (bicyclic) bond motifs is 3. The standard InChI is InChI=1S/C20H22N2O2S/c1-11-7-8-13-15(10-11)25-19-17(13)18(14-6-5-9-24-14)16(12(2)21-19)20(23)22(3)4/h5-6,9,11H,7-8,10H2,1-4H3. The van der Waals surface area contributed by atoms with E-state index in [1.165, 1.54) is 16.9 Å². The molecule has 0 aliphatic heterocycles. The van der Waals surface area contributed by atoms with Gasteiger partial charge in [-0.05, 0) is 49.8 Å². The van der Waals surface area contributed by atoms with Crippen molar-refractivity contribution < 1.29 is 9.21 Å². The summed E-state index contributed by atoms with van der Waals surface area (Å²) in [4.78, 5) is 21.8. The van der Waals surface area contributed by atoms with Crippen molar-refractivity contribution in [3.63, 3.8) is 0 Å². The van der Waals surface area contributed by atoms with Gasteiger partial charge in [-0.3, -0.25) is 4.79 Å². The van der Waals surface area contributed by atoms with Crippen LogP contribution in [0.2, 0.25) is 0 Å². The molecule has 0 aromatic carbocycles. The van der Waals surface area contributed by atoms with Crippen LogP contribution in [0.15, 0.2) is 22.8 Å². The molecule has 0 radical (unpaired) electrons. The number of hydrogen-bond acceptors (Lipinski definition) is 4. The van der Waals surface area contributed by atoms with Crippen molar-refractivity contribution in [1.82, 2.24) is 9.88 Å². The van der Waals surface area contributed by atoms with Gasteiger partial charge in [0.15, 0.2) is 0 Å². The van der Waals surface area contributed by atoms with Gasteiger partial charge < -0.3 is 9.32 Å². The first-order valence-corrected chi connectivity index (χ1v) is 9.49. The highest BCUT2D eigenvalue weighted by Crippen LogP contribution is 2.44. The molecule has 0 spiro atoms. The van der Waals surface area contributed by atoms with E-state index in [1.807, 2.05) is 19.1 Å². The maximum Gasteiger partial charge on any atom is 0.255 e. The Balaban J connectivity index is 2.10. The molecule has 0 fully saturated rings. The average molecular weight is 354 g/mol. The number of furan rings is 1. The Morgan fingerprint density at radius 1 is 1.40 bits per heavy atom. The van der Waals surface area contributed by atoms with Crippen LogP contribution in [0.4, 0.5) is 0 Å². The fourth-order valence-electron chi connectivity index (χ4n) is 3.74. The molecule has 1 atom stereocenters. The third-order valence-corrected chi connectivity index (χ3v) is 6.16. The third-order valence-electron chi connectivity index (χ3n) is 5.01. The van der Waals surface area contributed by atoms with Crippen LogP contribution in [-0.2, 0) is 12.8 Å². The zero-order valence-electron chi connectivity index (χ0n) is 15.0. The van der Waals surface area contributed by atoms with Crippen molar-refractivity contribution in [3.8, 4) is 11.3 Å². The number of aryl methyl sites for hydroxylation is 2. The van der Waals surface area contributed by atoms with Crippen LogP contribution in [0.3, 0.4) is 0 Å². The Morgan fingerprint density at radius 3 is 2.88 bits per heavy atom. The maximum atomic E-state index is 12.9. The molecule has 1 aliphatic rings. The molecule has 1 amide bonds. The van der Waals surface area contributed by atoms with Gasteiger partial charge in [-0.15, -0.1) is 11.3 Å². The highest BCUT2D eigenvalue weighted by Gasteiger charge is 2.29. The van der Waals surface area contributed by atoms with Crippen LogP contribution in [0, 0.1) is 12.8 Å². The summed E-state index contributed by atoms with van der Waals surface area (Å²) < 4.78 is 5.74. The summed E-state index contributed by atoms with van der Waals surface area (Å²) in [5.41, 5.74) is 3.71. The third kappa shape index (κ3) is 2.58. The molecular formula is C20H22N2O2S. The zero-order chi connectivity index (χ0) is 17.7. The van der Waals surface area contributed by atoms with Crippen molar-refractivity contribution >= 4 is 27.5 Å². The normalized spacial score (nSPS) is 16.9. The van der Waals surface area contributed by atoms with Crippen molar-refractivity contribution in [2.75, 3.05) is 14.1 Å². The summed E-state index contributed by atoms with van der Waals surface area (Å²) in [6.45, 7) is 4.23. The summed E-state index contributed by atoms with van der Waals surface area (Å²) in [5.74, 6) is 1.43. The summed E-state index contributed by atoms with van der Waals surface area (Å²) in [5, 5.41) is 1.12. The van der Waals surface area contributed by atoms with E-state index < -0.39 is 0 Å². The summed E-state index contributed by atoms with van der Waals surface area (Å²) in [7, 11) is 3.56. The first kappa shape index (κ1) is 16.3. The molecule has 0 bridgehead atoms. The van der Waals surface area contributed by atoms with E-state index in [-0.39, 0.29) is 5.91 Å². The van der Waals surface area contributed by atoms with Crippen LogP contribution in [0.25, 0.3) is 21.5 Å². The van der Waals surface area contributed by atoms with Gasteiger partial charge in [0.25, 0.3) is 5.91 Å². The predicted molar refractivity (Wildman–Crippen MR) is 101 cm³/mol. The van der Waals surface area contributed by atoms with E-state index in [2.05, 4.69) is 6.92 Å². The number of hydrogen-bond donors (Lipinski definition) is 0. The maximum absolute atomic E-state index is 12.9. The van der Waals surface area contributed by atoms with Gasteiger partial charge in [0, 0.05) is 29.9 Å². The Hall–Kier alpha value is -2.14. The largest absolute Gasteiger partial charge is 0.464 e. The van der Waals surface area contributed by atoms with E-state index >= 15 is 0 Å². The molecule has 5 heteroatoms. The van der Waals surface area contributed by atoms with Crippen LogP contribution < -0.4 is 0 Å². The van der Waals surface area contributed by atoms with Crippen molar-refractivity contribution in [2.24, 2.45) is 5.92 Å². The van der Waals surface area contributed by atoms with Gasteiger partial charge in [-0.25, -0.2) is 4.98 Å². The fourth-order valence-corrected chi connectivity index (χ4v) is 5.18. The van der Waals surface area contributed by atoms with E-state index in [4.69, 9.17) is 9.40 Å². The molecule has 3 aromatic heterocycles. The molecular weight excluding hydrogens is 332 g/mol. The lowest BCUT2D eigenvalue weighted by Gasteiger charge is -2.20. The number of carbonyl (C=O) groups is 1. The van der Waals surface area contributed by atoms with E-state index in [0.717, 1.165) is 40.1 Å². The second-order valence-electron chi connectivity index (χ2n) is 7.16. The van der Waals surface area contributed by atoms with Crippen LogP contribution >= 0.6 is 11.3 Å². The summed E-state index contributed by atoms with van der Waals surface area (Å²) in [6, 6.07) is 3.82. The van der Waals surface area contributed by atoms with Crippen molar-refractivity contribution in [3.05, 3.63) is 40.1 Å². The monoisotopic (exact) mass is 354 g/mol. The van der Waals surface area contributed by atoms with Gasteiger partial charge in [0.2, 0.25) is 0 Å². The molecule has 4 rings (SSSR count). The number of pyridine rings is 1. The van der Waals surface area contributed by atoms with Gasteiger partial charge in [0.1, 0.15) is 10.6 Å². The molecule has 3 heterocycles. The minimum absolute atomic E-state index is 0.0255. The van der Waals surface area contributed by atoms with Gasteiger partial charge in [-0.1, -0.05) is 6.92 Å². The van der Waals surface area contributed by atoms with Crippen LogP contribution in [0.1, 0.15) is 39.8 Å². The SMILES string of the molecule is Cc1nc2sc3c(c2c(-c2ccco2)c1C(=O)N(C)C)CCC(C)C3. The molecule has 0 saturated heterocycles. The first-order chi connectivity index (χ1) is 12.0. The van der Waals surface area contributed by atoms with Gasteiger partial charge in [-0.2, -0.15) is 0 Å². The molecule has 1 aliphatic carbocycles. The van der Waals surface area contributed by atoms with Crippen molar-refractivity contribution in [2.45, 2.75) is 33.1 Å². The number of rotatable bonds is 2. The minimum Gasteiger partial charge on any atom is -0.464 e. The first-order valence-electron chi connectivity index (χ1n) is 8.67. The number of aromatic nitrogens is 1. The minimum atomic E-state index is -0.0255. The number of nitrogens with zero attached hydrogens (tertiary/aromatic N) is 2. The Bertz CT molecular complexity index is 954. The quantitative estimate of drug-likeness (QED) is 0.670. The Labute approximate surface area is 151 Å². The summed E-state index contributed by atoms with van der Waals surface area (Å²) in [6.07, 6.45) is 5.00. The van der Waals surface area contributed by atoms with E-state index in [1.54, 1.807) is 36.6 Å². The Kier molecular flexibility index (Phi) is 3.91. The molecule has 0 N–H and O–H groups in total. The van der Waals surface area contributed by atoms with Crippen molar-refractivity contribution in [1.29, 1.82) is 0 Å². The highest BCUT2D eigenvalue weighted by atomic mass is 32.1. The van der Waals surface area contributed by atoms with Gasteiger partial charge in [0.05, 0.1) is 17.5 Å². The van der Waals surface area contributed by atoms with Gasteiger partial charge >= 0.3 is 0 Å². The molecule has 3 aromatic rings. The van der Waals surface area contributed by atoms with Crippen LogP contribution in [0.5, 0.6) is 0 Å². The molecule has 4 nitrogen and oxygen atoms in total. The highest BCUT2D eigenvalue weighted by molar-refractivity contribution is 7.19. The predicted octanol–water partition coefficient (Wildman–Crippen LogP) is 4.69. The number of amides is 1. The number of carbonyl (C=O) groups excluding carboxylic acids is 1. The summed E-state index contributed by atoms with van der Waals surface area (Å²) >= 11 is 1.78. The van der Waals surface area contributed by atoms with E-state index in [9.17, 15) is 4.79 Å². The Morgan fingerprint density at radius 2 is 2.20 bits per heavy atom. The zero-order valence-corrected chi connectivity index (χ0v) is 15.9. The molecule has 0 saturated carbocycles. The lowest BCUT2D eigenvalue weighted by Crippen LogP contribution is -2.24. The second kappa shape index (κ2) is 5.99. The van der Waals surface area contributed by atoms with E-state index in [0.29, 0.717) is 11.5 Å². The average Bonchev–Trinajstić information content (AvgIpc) is 3.19. The fraction of sp³-hybridized carbons (Fsp3) is 0.400.